The van der Waals surface area contributed by atoms with Crippen LogP contribution >= 0.6 is 0 Å². The minimum Gasteiger partial charge on any atom is -0.461 e. The number of hydrogen-bond donors (Lipinski definition) is 1. The monoisotopic (exact) mass is 287 g/mol. The summed E-state index contributed by atoms with van der Waals surface area (Å²) in [6, 6.07) is 8.10. The van der Waals surface area contributed by atoms with E-state index >= 15 is 0 Å². The highest BCUT2D eigenvalue weighted by Crippen LogP contribution is 2.19. The molecule has 0 radical (unpaired) electrons. The fourth-order valence-electron chi connectivity index (χ4n) is 2.27. The molecule has 0 aliphatic carbocycles. The maximum absolute atomic E-state index is 11.9. The van der Waals surface area contributed by atoms with Crippen molar-refractivity contribution in [3.8, 4) is 0 Å². The van der Waals surface area contributed by atoms with Crippen molar-refractivity contribution < 1.29 is 9.53 Å². The first-order chi connectivity index (χ1) is 10.1. The Labute approximate surface area is 124 Å². The second-order valence-corrected chi connectivity index (χ2v) is 4.85. The molecule has 0 aliphatic heterocycles. The first-order valence-corrected chi connectivity index (χ1v) is 7.14. The van der Waals surface area contributed by atoms with Gasteiger partial charge in [-0.05, 0) is 25.0 Å². The van der Waals surface area contributed by atoms with Crippen molar-refractivity contribution in [1.82, 2.24) is 9.55 Å². The minimum atomic E-state index is -0.465. The first-order valence-electron chi connectivity index (χ1n) is 7.14. The van der Waals surface area contributed by atoms with E-state index in [0.29, 0.717) is 25.4 Å². The quantitative estimate of drug-likeness (QED) is 0.858. The Morgan fingerprint density at radius 2 is 2.05 bits per heavy atom. The van der Waals surface area contributed by atoms with Crippen LogP contribution in [-0.2, 0) is 17.7 Å². The van der Waals surface area contributed by atoms with Crippen LogP contribution in [0, 0.1) is 6.92 Å². The predicted octanol–water partition coefficient (Wildman–Crippen LogP) is 2.56. The van der Waals surface area contributed by atoms with Gasteiger partial charge in [0.1, 0.15) is 11.6 Å². The van der Waals surface area contributed by atoms with Gasteiger partial charge in [-0.2, -0.15) is 0 Å². The number of anilines is 1. The molecular weight excluding hydrogens is 266 g/mol. The van der Waals surface area contributed by atoms with Crippen molar-refractivity contribution in [3.05, 3.63) is 46.9 Å². The molecule has 0 spiro atoms. The Bertz CT molecular complexity index is 647. The standard InChI is InChI=1S/C16H21N3O2/c1-4-13-18-14(16(20)21-5-2)15(17)19(13)10-12-9-7-6-8-11(12)3/h6-9H,4-5,10,17H2,1-3H3. The fourth-order valence-corrected chi connectivity index (χ4v) is 2.27. The van der Waals surface area contributed by atoms with Crippen molar-refractivity contribution in [1.29, 1.82) is 0 Å². The molecule has 0 saturated carbocycles. The van der Waals surface area contributed by atoms with Gasteiger partial charge in [0.15, 0.2) is 5.69 Å². The molecule has 2 aromatic rings. The van der Waals surface area contributed by atoms with E-state index in [-0.39, 0.29) is 5.69 Å². The van der Waals surface area contributed by atoms with Crippen molar-refractivity contribution >= 4 is 11.8 Å². The summed E-state index contributed by atoms with van der Waals surface area (Å²) >= 11 is 0. The van der Waals surface area contributed by atoms with E-state index < -0.39 is 5.97 Å². The number of rotatable bonds is 5. The number of benzene rings is 1. The van der Waals surface area contributed by atoms with Crippen molar-refractivity contribution in [2.45, 2.75) is 33.7 Å². The lowest BCUT2D eigenvalue weighted by Gasteiger charge is -2.11. The third kappa shape index (κ3) is 3.07. The molecule has 0 atom stereocenters. The SMILES string of the molecule is CCOC(=O)c1nc(CC)n(Cc2ccccc2C)c1N. The third-order valence-corrected chi connectivity index (χ3v) is 3.46. The summed E-state index contributed by atoms with van der Waals surface area (Å²) in [7, 11) is 0. The Hall–Kier alpha value is -2.30. The van der Waals surface area contributed by atoms with Gasteiger partial charge in [0.05, 0.1) is 13.2 Å². The van der Waals surface area contributed by atoms with Gasteiger partial charge in [0, 0.05) is 6.42 Å². The zero-order valence-corrected chi connectivity index (χ0v) is 12.7. The maximum atomic E-state index is 11.9. The number of aryl methyl sites for hydroxylation is 2. The number of nitrogen functional groups attached to an aromatic ring is 1. The molecule has 1 aromatic heterocycles. The number of hydrogen-bond acceptors (Lipinski definition) is 4. The highest BCUT2D eigenvalue weighted by molar-refractivity contribution is 5.92. The van der Waals surface area contributed by atoms with Gasteiger partial charge in [0.2, 0.25) is 0 Å². The average Bonchev–Trinajstić information content (AvgIpc) is 2.78. The lowest BCUT2D eigenvalue weighted by atomic mass is 10.1. The van der Waals surface area contributed by atoms with Crippen LogP contribution in [-0.4, -0.2) is 22.1 Å². The van der Waals surface area contributed by atoms with Gasteiger partial charge >= 0.3 is 5.97 Å². The van der Waals surface area contributed by atoms with Crippen LogP contribution in [0.1, 0.15) is 41.3 Å². The molecule has 0 saturated heterocycles. The Balaban J connectivity index is 2.39. The number of carbonyl (C=O) groups is 1. The molecule has 2 N–H and O–H groups in total. The topological polar surface area (TPSA) is 70.1 Å². The molecule has 2 rings (SSSR count). The van der Waals surface area contributed by atoms with Gasteiger partial charge in [0.25, 0.3) is 0 Å². The van der Waals surface area contributed by atoms with Gasteiger partial charge < -0.3 is 15.0 Å². The molecule has 0 fully saturated rings. The molecular formula is C16H21N3O2. The Morgan fingerprint density at radius 1 is 1.33 bits per heavy atom. The van der Waals surface area contributed by atoms with E-state index in [0.717, 1.165) is 11.4 Å². The molecule has 5 heteroatoms. The van der Waals surface area contributed by atoms with Crippen LogP contribution in [0.25, 0.3) is 0 Å². The van der Waals surface area contributed by atoms with Crippen molar-refractivity contribution in [3.63, 3.8) is 0 Å². The molecule has 1 aromatic carbocycles. The van der Waals surface area contributed by atoms with E-state index in [1.165, 1.54) is 5.56 Å². The molecule has 112 valence electrons. The number of esters is 1. The maximum Gasteiger partial charge on any atom is 0.360 e. The van der Waals surface area contributed by atoms with E-state index in [2.05, 4.69) is 24.0 Å². The lowest BCUT2D eigenvalue weighted by molar-refractivity contribution is 0.0521. The van der Waals surface area contributed by atoms with E-state index in [1.54, 1.807) is 6.92 Å². The van der Waals surface area contributed by atoms with Crippen LogP contribution in [0.4, 0.5) is 5.82 Å². The number of ether oxygens (including phenoxy) is 1. The molecule has 1 heterocycles. The predicted molar refractivity (Wildman–Crippen MR) is 82.3 cm³/mol. The van der Waals surface area contributed by atoms with Crippen molar-refractivity contribution in [2.24, 2.45) is 0 Å². The van der Waals surface area contributed by atoms with Crippen LogP contribution in [0.15, 0.2) is 24.3 Å². The molecule has 0 bridgehead atoms. The van der Waals surface area contributed by atoms with Gasteiger partial charge in [-0.25, -0.2) is 9.78 Å². The van der Waals surface area contributed by atoms with Crippen LogP contribution < -0.4 is 5.73 Å². The fraction of sp³-hybridized carbons (Fsp3) is 0.375. The number of nitrogens with two attached hydrogens (primary N) is 1. The zero-order valence-electron chi connectivity index (χ0n) is 12.7. The minimum absolute atomic E-state index is 0.210. The third-order valence-electron chi connectivity index (χ3n) is 3.46. The summed E-state index contributed by atoms with van der Waals surface area (Å²) in [5.74, 6) is 0.695. The smallest absolute Gasteiger partial charge is 0.360 e. The van der Waals surface area contributed by atoms with Crippen LogP contribution in [0.5, 0.6) is 0 Å². The zero-order chi connectivity index (χ0) is 15.4. The van der Waals surface area contributed by atoms with Gasteiger partial charge in [-0.3, -0.25) is 0 Å². The van der Waals surface area contributed by atoms with Crippen molar-refractivity contribution in [2.75, 3.05) is 12.3 Å². The molecule has 0 aliphatic rings. The first kappa shape index (κ1) is 15.1. The summed E-state index contributed by atoms with van der Waals surface area (Å²) < 4.78 is 6.88. The molecule has 0 unspecified atom stereocenters. The Kier molecular flexibility index (Phi) is 4.62. The summed E-state index contributed by atoms with van der Waals surface area (Å²) in [4.78, 5) is 16.2. The average molecular weight is 287 g/mol. The van der Waals surface area contributed by atoms with Crippen LogP contribution in [0.2, 0.25) is 0 Å². The summed E-state index contributed by atoms with van der Waals surface area (Å²) in [6.45, 7) is 6.73. The molecule has 5 nitrogen and oxygen atoms in total. The molecule has 0 amide bonds. The van der Waals surface area contributed by atoms with E-state index in [1.807, 2.05) is 23.6 Å². The largest absolute Gasteiger partial charge is 0.461 e. The summed E-state index contributed by atoms with van der Waals surface area (Å²) in [5, 5.41) is 0. The van der Waals surface area contributed by atoms with E-state index in [9.17, 15) is 4.79 Å². The highest BCUT2D eigenvalue weighted by Gasteiger charge is 2.21. The van der Waals surface area contributed by atoms with Gasteiger partial charge in [-0.1, -0.05) is 31.2 Å². The van der Waals surface area contributed by atoms with Crippen LogP contribution in [0.3, 0.4) is 0 Å². The lowest BCUT2D eigenvalue weighted by Crippen LogP contribution is -2.11. The number of aromatic nitrogens is 2. The molecule has 21 heavy (non-hydrogen) atoms. The number of carbonyl (C=O) groups excluding carboxylic acids is 1. The second kappa shape index (κ2) is 6.43. The van der Waals surface area contributed by atoms with E-state index in [4.69, 9.17) is 10.5 Å². The summed E-state index contributed by atoms with van der Waals surface area (Å²) in [5.41, 5.74) is 8.66. The number of nitrogens with zero attached hydrogens (tertiary/aromatic N) is 2. The summed E-state index contributed by atoms with van der Waals surface area (Å²) in [6.07, 6.45) is 0.704. The second-order valence-electron chi connectivity index (χ2n) is 4.85. The van der Waals surface area contributed by atoms with Gasteiger partial charge in [-0.15, -0.1) is 0 Å². The number of imidazole rings is 1. The highest BCUT2D eigenvalue weighted by atomic mass is 16.5. The Morgan fingerprint density at radius 3 is 2.67 bits per heavy atom. The normalized spacial score (nSPS) is 10.6.